The molecule has 186 valence electrons. The molecule has 2 aromatic rings. The van der Waals surface area contributed by atoms with E-state index in [4.69, 9.17) is 4.65 Å². The third-order valence-corrected chi connectivity index (χ3v) is 7.36. The Morgan fingerprint density at radius 3 is 2.57 bits per heavy atom. The molecule has 2 N–H and O–H groups in total. The van der Waals surface area contributed by atoms with Gasteiger partial charge >= 0.3 is 7.12 Å². The van der Waals surface area contributed by atoms with E-state index in [1.165, 1.54) is 13.0 Å². The fraction of sp³-hybridized carbons (Fsp3) is 0.560. The number of halogens is 1. The Bertz CT molecular complexity index is 1210. The van der Waals surface area contributed by atoms with Crippen LogP contribution < -0.4 is 15.6 Å². The Balaban J connectivity index is 1.44. The molecule has 0 bridgehead atoms. The lowest BCUT2D eigenvalue weighted by Gasteiger charge is -2.30. The van der Waals surface area contributed by atoms with E-state index in [1.807, 2.05) is 9.47 Å². The van der Waals surface area contributed by atoms with Crippen LogP contribution in [0, 0.1) is 5.82 Å². The Morgan fingerprint density at radius 1 is 1.17 bits per heavy atom. The summed E-state index contributed by atoms with van der Waals surface area (Å²) >= 11 is 0. The van der Waals surface area contributed by atoms with E-state index in [1.54, 1.807) is 12.3 Å². The predicted molar refractivity (Wildman–Crippen MR) is 132 cm³/mol. The van der Waals surface area contributed by atoms with Crippen LogP contribution in [0.3, 0.4) is 0 Å². The zero-order valence-electron chi connectivity index (χ0n) is 20.0. The second-order valence-electron chi connectivity index (χ2n) is 10.1. The SMILES string of the molecule is CC(=O)C[C@@H]1CC[C@H](CC(=O)c2cn(C3CC3)c3cc(N4CCNCC4)c(F)cc3c2=O)B(O)O1. The number of carbonyl (C=O) groups excluding carboxylic acids is 2. The van der Waals surface area contributed by atoms with E-state index in [2.05, 4.69) is 5.32 Å². The van der Waals surface area contributed by atoms with Crippen LogP contribution in [0.15, 0.2) is 23.1 Å². The average Bonchev–Trinajstić information content (AvgIpc) is 3.66. The normalized spacial score (nSPS) is 23.1. The summed E-state index contributed by atoms with van der Waals surface area (Å²) in [7, 11) is -1.16. The van der Waals surface area contributed by atoms with Gasteiger partial charge in [-0.25, -0.2) is 4.39 Å². The van der Waals surface area contributed by atoms with E-state index < -0.39 is 24.2 Å². The van der Waals surface area contributed by atoms with E-state index in [9.17, 15) is 19.4 Å². The van der Waals surface area contributed by atoms with E-state index in [0.29, 0.717) is 37.1 Å². The van der Waals surface area contributed by atoms with Crippen molar-refractivity contribution >= 4 is 35.3 Å². The molecule has 5 rings (SSSR count). The average molecular weight is 483 g/mol. The molecule has 35 heavy (non-hydrogen) atoms. The Labute approximate surface area is 203 Å². The van der Waals surface area contributed by atoms with Crippen LogP contribution >= 0.6 is 0 Å². The Hall–Kier alpha value is -2.56. The molecule has 1 aromatic carbocycles. The summed E-state index contributed by atoms with van der Waals surface area (Å²) < 4.78 is 22.6. The molecule has 10 heteroatoms. The summed E-state index contributed by atoms with van der Waals surface area (Å²) in [4.78, 5) is 39.9. The van der Waals surface area contributed by atoms with Gasteiger partial charge in [0.15, 0.2) is 11.2 Å². The van der Waals surface area contributed by atoms with Crippen molar-refractivity contribution in [3.63, 3.8) is 0 Å². The molecule has 1 aromatic heterocycles. The number of hydrogen-bond donors (Lipinski definition) is 2. The zero-order chi connectivity index (χ0) is 24.7. The van der Waals surface area contributed by atoms with Crippen molar-refractivity contribution in [2.45, 2.75) is 63.4 Å². The van der Waals surface area contributed by atoms with Gasteiger partial charge in [0.05, 0.1) is 16.8 Å². The van der Waals surface area contributed by atoms with Crippen LogP contribution in [0.1, 0.15) is 61.8 Å². The number of hydrogen-bond acceptors (Lipinski definition) is 7. The molecule has 1 aliphatic carbocycles. The van der Waals surface area contributed by atoms with Gasteiger partial charge in [0.2, 0.25) is 0 Å². The standard InChI is InChI=1S/C25H31BFN3O5/c1-15(31)10-18-5-2-16(26(34)35-18)11-24(32)20-14-30(17-3-4-17)22-13-23(29-8-6-28-7-9-29)21(27)12-19(22)25(20)33/h12-14,16-18,28,34H,2-11H2,1H3/t16-,18+/m1/s1. The van der Waals surface area contributed by atoms with Gasteiger partial charge in [-0.3, -0.25) is 14.4 Å². The molecular weight excluding hydrogens is 452 g/mol. The van der Waals surface area contributed by atoms with Gasteiger partial charge in [0, 0.05) is 68.6 Å². The number of piperazine rings is 1. The highest BCUT2D eigenvalue weighted by Gasteiger charge is 2.37. The first-order valence-electron chi connectivity index (χ1n) is 12.5. The monoisotopic (exact) mass is 483 g/mol. The van der Waals surface area contributed by atoms with E-state index in [0.717, 1.165) is 25.9 Å². The van der Waals surface area contributed by atoms with Gasteiger partial charge in [-0.1, -0.05) is 0 Å². The second kappa shape index (κ2) is 9.83. The van der Waals surface area contributed by atoms with Crippen LogP contribution in [0.5, 0.6) is 0 Å². The minimum atomic E-state index is -1.16. The first-order chi connectivity index (χ1) is 16.8. The number of nitrogens with one attached hydrogen (secondary N) is 1. The molecule has 3 fully saturated rings. The second-order valence-corrected chi connectivity index (χ2v) is 10.1. The highest BCUT2D eigenvalue weighted by molar-refractivity contribution is 6.45. The first-order valence-corrected chi connectivity index (χ1v) is 12.5. The van der Waals surface area contributed by atoms with Gasteiger partial charge in [0.25, 0.3) is 0 Å². The maximum absolute atomic E-state index is 15.1. The number of Topliss-reactive ketones (excluding diaryl/α,β-unsaturated/α-hetero) is 2. The number of ketones is 2. The molecule has 2 aliphatic heterocycles. The maximum Gasteiger partial charge on any atom is 0.458 e. The quantitative estimate of drug-likeness (QED) is 0.461. The summed E-state index contributed by atoms with van der Waals surface area (Å²) in [5, 5.41) is 13.9. The summed E-state index contributed by atoms with van der Waals surface area (Å²) in [6.45, 7) is 4.39. The summed E-state index contributed by atoms with van der Waals surface area (Å²) in [5.41, 5.74) is 0.677. The number of aromatic nitrogens is 1. The fourth-order valence-electron chi connectivity index (χ4n) is 5.30. The van der Waals surface area contributed by atoms with E-state index in [-0.39, 0.29) is 47.5 Å². The number of rotatable bonds is 7. The number of carbonyl (C=O) groups is 2. The number of fused-ring (bicyclic) bond motifs is 1. The molecule has 0 unspecified atom stereocenters. The molecule has 3 heterocycles. The van der Waals surface area contributed by atoms with Crippen LogP contribution in [-0.2, 0) is 9.45 Å². The van der Waals surface area contributed by atoms with Gasteiger partial charge in [0.1, 0.15) is 11.6 Å². The summed E-state index contributed by atoms with van der Waals surface area (Å²) in [6.07, 6.45) is 4.44. The van der Waals surface area contributed by atoms with Crippen LogP contribution in [0.4, 0.5) is 10.1 Å². The lowest BCUT2D eigenvalue weighted by molar-refractivity contribution is -0.118. The minimum absolute atomic E-state index is 0.0131. The fourth-order valence-corrected chi connectivity index (χ4v) is 5.30. The smallest absolute Gasteiger partial charge is 0.427 e. The molecule has 2 atom stereocenters. The lowest BCUT2D eigenvalue weighted by Crippen LogP contribution is -2.43. The minimum Gasteiger partial charge on any atom is -0.427 e. The molecular formula is C25H31BFN3O5. The van der Waals surface area contributed by atoms with Crippen molar-refractivity contribution in [3.05, 3.63) is 39.9 Å². The largest absolute Gasteiger partial charge is 0.458 e. The predicted octanol–water partition coefficient (Wildman–Crippen LogP) is 2.47. The topological polar surface area (TPSA) is 101 Å². The highest BCUT2D eigenvalue weighted by Crippen LogP contribution is 2.39. The number of nitrogens with zero attached hydrogens (tertiary/aromatic N) is 2. The number of pyridine rings is 1. The summed E-state index contributed by atoms with van der Waals surface area (Å²) in [6, 6.07) is 3.20. The third kappa shape index (κ3) is 5.05. The molecule has 3 aliphatic rings. The number of anilines is 1. The molecule has 2 saturated heterocycles. The molecule has 0 amide bonds. The third-order valence-electron chi connectivity index (χ3n) is 7.36. The summed E-state index contributed by atoms with van der Waals surface area (Å²) in [5.74, 6) is -1.31. The Kier molecular flexibility index (Phi) is 6.79. The maximum atomic E-state index is 15.1. The van der Waals surface area contributed by atoms with Gasteiger partial charge in [-0.15, -0.1) is 0 Å². The van der Waals surface area contributed by atoms with Crippen molar-refractivity contribution in [1.29, 1.82) is 0 Å². The lowest BCUT2D eigenvalue weighted by atomic mass is 9.64. The van der Waals surface area contributed by atoms with Gasteiger partial charge in [-0.05, 0) is 44.7 Å². The molecule has 8 nitrogen and oxygen atoms in total. The Morgan fingerprint density at radius 2 is 1.91 bits per heavy atom. The van der Waals surface area contributed by atoms with Crippen LogP contribution in [0.25, 0.3) is 10.9 Å². The van der Waals surface area contributed by atoms with Crippen molar-refractivity contribution in [2.75, 3.05) is 31.1 Å². The van der Waals surface area contributed by atoms with Gasteiger partial charge in [-0.2, -0.15) is 0 Å². The van der Waals surface area contributed by atoms with Gasteiger partial charge < -0.3 is 24.5 Å². The molecule has 0 spiro atoms. The van der Waals surface area contributed by atoms with Crippen LogP contribution in [0.2, 0.25) is 5.82 Å². The highest BCUT2D eigenvalue weighted by atomic mass is 19.1. The zero-order valence-corrected chi connectivity index (χ0v) is 20.0. The first kappa shape index (κ1) is 24.2. The van der Waals surface area contributed by atoms with E-state index >= 15 is 4.39 Å². The molecule has 1 saturated carbocycles. The van der Waals surface area contributed by atoms with Crippen molar-refractivity contribution < 1.29 is 23.7 Å². The number of benzene rings is 1. The van der Waals surface area contributed by atoms with Crippen molar-refractivity contribution in [1.82, 2.24) is 9.88 Å². The van der Waals surface area contributed by atoms with Crippen molar-refractivity contribution in [3.8, 4) is 0 Å². The molecule has 0 radical (unpaired) electrons. The van der Waals surface area contributed by atoms with Crippen LogP contribution in [-0.4, -0.2) is 60.6 Å². The van der Waals surface area contributed by atoms with Crippen molar-refractivity contribution in [2.24, 2.45) is 0 Å².